The average Bonchev–Trinajstić information content (AvgIpc) is 3.23. The summed E-state index contributed by atoms with van der Waals surface area (Å²) in [6.45, 7) is 4.16. The number of anilines is 1. The second kappa shape index (κ2) is 10.6. The van der Waals surface area contributed by atoms with Crippen molar-refractivity contribution in [1.82, 2.24) is 14.8 Å². The zero-order chi connectivity index (χ0) is 23.2. The summed E-state index contributed by atoms with van der Waals surface area (Å²) in [5.41, 5.74) is 3.74. The van der Waals surface area contributed by atoms with Gasteiger partial charge in [-0.25, -0.2) is 0 Å². The second-order valence-corrected chi connectivity index (χ2v) is 8.82. The van der Waals surface area contributed by atoms with E-state index in [0.29, 0.717) is 21.8 Å². The van der Waals surface area contributed by atoms with Gasteiger partial charge in [-0.05, 0) is 61.9 Å². The summed E-state index contributed by atoms with van der Waals surface area (Å²) in [7, 11) is 0. The largest absolute Gasteiger partial charge is 0.486 e. The van der Waals surface area contributed by atoms with Crippen molar-refractivity contribution in [2.45, 2.75) is 25.6 Å². The first-order valence-corrected chi connectivity index (χ1v) is 11.7. The molecule has 168 valence electrons. The highest BCUT2D eigenvalue weighted by Gasteiger charge is 2.16. The smallest absolute Gasteiger partial charge is 0.234 e. The Morgan fingerprint density at radius 2 is 1.79 bits per heavy atom. The Morgan fingerprint density at radius 1 is 1.03 bits per heavy atom. The first-order valence-electron chi connectivity index (χ1n) is 10.4. The predicted octanol–water partition coefficient (Wildman–Crippen LogP) is 5.85. The first kappa shape index (κ1) is 22.9. The number of carbonyl (C=O) groups excluding carboxylic acids is 1. The van der Waals surface area contributed by atoms with Gasteiger partial charge in [0, 0.05) is 16.4 Å². The van der Waals surface area contributed by atoms with Crippen molar-refractivity contribution in [2.24, 2.45) is 0 Å². The fourth-order valence-corrected chi connectivity index (χ4v) is 4.03. The maximum atomic E-state index is 12.5. The minimum atomic E-state index is -0.110. The van der Waals surface area contributed by atoms with E-state index in [0.717, 1.165) is 22.5 Å². The van der Waals surface area contributed by atoms with Crippen LogP contribution < -0.4 is 10.1 Å². The molecule has 4 aromatic rings. The Morgan fingerprint density at radius 3 is 2.52 bits per heavy atom. The summed E-state index contributed by atoms with van der Waals surface area (Å²) >= 11 is 7.43. The molecule has 3 aromatic carbocycles. The molecule has 0 spiro atoms. The molecule has 0 radical (unpaired) electrons. The molecule has 33 heavy (non-hydrogen) atoms. The third-order valence-electron chi connectivity index (χ3n) is 4.88. The molecule has 1 N–H and O–H groups in total. The summed E-state index contributed by atoms with van der Waals surface area (Å²) in [4.78, 5) is 12.5. The number of hydrogen-bond acceptors (Lipinski definition) is 5. The molecule has 0 aliphatic rings. The maximum Gasteiger partial charge on any atom is 0.234 e. The Labute approximate surface area is 202 Å². The Balaban J connectivity index is 1.49. The van der Waals surface area contributed by atoms with Gasteiger partial charge in [-0.15, -0.1) is 10.2 Å². The van der Waals surface area contributed by atoms with E-state index in [2.05, 4.69) is 15.5 Å². The number of para-hydroxylation sites is 1. The first-order chi connectivity index (χ1) is 16.0. The van der Waals surface area contributed by atoms with Crippen LogP contribution in [0.2, 0.25) is 5.02 Å². The van der Waals surface area contributed by atoms with Crippen molar-refractivity contribution in [3.05, 3.63) is 94.8 Å². The van der Waals surface area contributed by atoms with Crippen LogP contribution in [0.5, 0.6) is 5.75 Å². The summed E-state index contributed by atoms with van der Waals surface area (Å²) in [5, 5.41) is 12.9. The molecule has 0 fully saturated rings. The van der Waals surface area contributed by atoms with Crippen molar-refractivity contribution >= 4 is 35.0 Å². The van der Waals surface area contributed by atoms with E-state index >= 15 is 0 Å². The van der Waals surface area contributed by atoms with Gasteiger partial charge in [-0.1, -0.05) is 59.3 Å². The number of nitrogens with one attached hydrogen (secondary N) is 1. The van der Waals surface area contributed by atoms with Crippen molar-refractivity contribution in [3.63, 3.8) is 0 Å². The predicted molar refractivity (Wildman–Crippen MR) is 132 cm³/mol. The Hall–Kier alpha value is -3.29. The van der Waals surface area contributed by atoms with Gasteiger partial charge in [-0.3, -0.25) is 9.36 Å². The second-order valence-electron chi connectivity index (χ2n) is 7.47. The number of thioether (sulfide) groups is 1. The van der Waals surface area contributed by atoms with E-state index in [4.69, 9.17) is 16.3 Å². The quantitative estimate of drug-likeness (QED) is 0.322. The topological polar surface area (TPSA) is 69.0 Å². The molecule has 0 aliphatic heterocycles. The number of rotatable bonds is 8. The molecule has 4 rings (SSSR count). The molecule has 0 saturated carbocycles. The van der Waals surface area contributed by atoms with Gasteiger partial charge in [-0.2, -0.15) is 0 Å². The zero-order valence-corrected chi connectivity index (χ0v) is 19.9. The SMILES string of the molecule is Cc1ccc(NC(=O)CSc2nnc(COc3ccc(Cl)c(C)c3)n2-c2ccccc2)cc1. The molecule has 0 saturated heterocycles. The van der Waals surface area contributed by atoms with Crippen LogP contribution in [0, 0.1) is 13.8 Å². The number of aryl methyl sites for hydroxylation is 2. The third-order valence-corrected chi connectivity index (χ3v) is 6.23. The molecule has 6 nitrogen and oxygen atoms in total. The molecular weight excluding hydrogens is 456 g/mol. The number of ether oxygens (including phenoxy) is 1. The van der Waals surface area contributed by atoms with Gasteiger partial charge in [0.25, 0.3) is 0 Å². The van der Waals surface area contributed by atoms with Crippen LogP contribution in [0.1, 0.15) is 17.0 Å². The molecule has 0 bridgehead atoms. The van der Waals surface area contributed by atoms with E-state index in [9.17, 15) is 4.79 Å². The van der Waals surface area contributed by atoms with Gasteiger partial charge in [0.15, 0.2) is 11.0 Å². The van der Waals surface area contributed by atoms with Crippen molar-refractivity contribution in [3.8, 4) is 11.4 Å². The highest BCUT2D eigenvalue weighted by molar-refractivity contribution is 7.99. The maximum absolute atomic E-state index is 12.5. The van der Waals surface area contributed by atoms with Crippen molar-refractivity contribution in [1.29, 1.82) is 0 Å². The summed E-state index contributed by atoms with van der Waals surface area (Å²) in [5.74, 6) is 1.43. The number of amides is 1. The summed E-state index contributed by atoms with van der Waals surface area (Å²) in [6, 6.07) is 23.0. The molecule has 8 heteroatoms. The van der Waals surface area contributed by atoms with Crippen LogP contribution >= 0.6 is 23.4 Å². The molecule has 1 aromatic heterocycles. The van der Waals surface area contributed by atoms with Gasteiger partial charge in [0.05, 0.1) is 5.75 Å². The Bertz CT molecular complexity index is 1240. The summed E-state index contributed by atoms with van der Waals surface area (Å²) in [6.07, 6.45) is 0. The number of aromatic nitrogens is 3. The molecule has 0 atom stereocenters. The fourth-order valence-electron chi connectivity index (χ4n) is 3.14. The normalized spacial score (nSPS) is 10.8. The monoisotopic (exact) mass is 478 g/mol. The number of nitrogens with zero attached hydrogens (tertiary/aromatic N) is 3. The van der Waals surface area contributed by atoms with Crippen LogP contribution in [0.25, 0.3) is 5.69 Å². The molecule has 1 heterocycles. The van der Waals surface area contributed by atoms with Gasteiger partial charge in [0.1, 0.15) is 12.4 Å². The lowest BCUT2D eigenvalue weighted by atomic mass is 10.2. The molecule has 0 aliphatic carbocycles. The van der Waals surface area contributed by atoms with Crippen molar-refractivity contribution < 1.29 is 9.53 Å². The lowest BCUT2D eigenvalue weighted by Gasteiger charge is -2.12. The lowest BCUT2D eigenvalue weighted by molar-refractivity contribution is -0.113. The van der Waals surface area contributed by atoms with Gasteiger partial charge < -0.3 is 10.1 Å². The highest BCUT2D eigenvalue weighted by atomic mass is 35.5. The standard InChI is InChI=1S/C25H23ClN4O2S/c1-17-8-10-19(11-9-17)27-24(31)16-33-25-29-28-23(30(25)20-6-4-3-5-7-20)15-32-21-12-13-22(26)18(2)14-21/h3-14H,15-16H2,1-2H3,(H,27,31). The fraction of sp³-hybridized carbons (Fsp3) is 0.160. The average molecular weight is 479 g/mol. The number of hydrogen-bond donors (Lipinski definition) is 1. The Kier molecular flexibility index (Phi) is 7.32. The lowest BCUT2D eigenvalue weighted by Crippen LogP contribution is -2.14. The van der Waals surface area contributed by atoms with E-state index in [1.54, 1.807) is 0 Å². The number of benzene rings is 3. The highest BCUT2D eigenvalue weighted by Crippen LogP contribution is 2.25. The third kappa shape index (κ3) is 5.94. The van der Waals surface area contributed by atoms with Gasteiger partial charge in [0.2, 0.25) is 5.91 Å². The molecule has 0 unspecified atom stereocenters. The number of halogens is 1. The minimum absolute atomic E-state index is 0.110. The van der Waals surface area contributed by atoms with E-state index in [-0.39, 0.29) is 18.3 Å². The number of carbonyl (C=O) groups is 1. The van der Waals surface area contributed by atoms with Crippen LogP contribution in [0.4, 0.5) is 5.69 Å². The molecule has 1 amide bonds. The minimum Gasteiger partial charge on any atom is -0.486 e. The van der Waals surface area contributed by atoms with Crippen LogP contribution in [0.15, 0.2) is 78.0 Å². The van der Waals surface area contributed by atoms with Crippen LogP contribution in [-0.4, -0.2) is 26.4 Å². The van der Waals surface area contributed by atoms with E-state index < -0.39 is 0 Å². The van der Waals surface area contributed by atoms with Gasteiger partial charge >= 0.3 is 0 Å². The van der Waals surface area contributed by atoms with Crippen LogP contribution in [-0.2, 0) is 11.4 Å². The molecular formula is C25H23ClN4O2S. The van der Waals surface area contributed by atoms with E-state index in [1.165, 1.54) is 11.8 Å². The van der Waals surface area contributed by atoms with Crippen LogP contribution in [0.3, 0.4) is 0 Å². The van der Waals surface area contributed by atoms with Crippen molar-refractivity contribution in [2.75, 3.05) is 11.1 Å². The zero-order valence-electron chi connectivity index (χ0n) is 18.3. The van der Waals surface area contributed by atoms with E-state index in [1.807, 2.05) is 91.2 Å². The summed E-state index contributed by atoms with van der Waals surface area (Å²) < 4.78 is 7.86.